The van der Waals surface area contributed by atoms with Crippen molar-refractivity contribution in [1.29, 1.82) is 0 Å². The third kappa shape index (κ3) is 4.26. The third-order valence-corrected chi connectivity index (χ3v) is 1.07. The number of carbonyl (C=O) groups is 3. The van der Waals surface area contributed by atoms with Crippen molar-refractivity contribution in [3.8, 4) is 0 Å². The van der Waals surface area contributed by atoms with Gasteiger partial charge in [0.15, 0.2) is 0 Å². The Morgan fingerprint density at radius 1 is 1.67 bits per heavy atom. The molecule has 0 aromatic carbocycles. The van der Waals surface area contributed by atoms with E-state index in [0.717, 1.165) is 7.11 Å². The summed E-state index contributed by atoms with van der Waals surface area (Å²) in [5.74, 6) is -0.663. The molecule has 0 fully saturated rings. The van der Waals surface area contributed by atoms with Crippen LogP contribution in [0.3, 0.4) is 0 Å². The lowest BCUT2D eigenvalue weighted by Gasteiger charge is -2.08. The molecular formula is C6H10N2O4. The number of aldehydes is 1. The Labute approximate surface area is 69.1 Å². The van der Waals surface area contributed by atoms with E-state index in [1.807, 2.05) is 0 Å². The molecule has 0 radical (unpaired) electrons. The molecule has 0 rings (SSSR count). The van der Waals surface area contributed by atoms with E-state index >= 15 is 0 Å². The SMILES string of the molecule is COC(=O)NC(C=O)CC(N)=O. The van der Waals surface area contributed by atoms with Crippen molar-refractivity contribution in [3.05, 3.63) is 0 Å². The fraction of sp³-hybridized carbons (Fsp3) is 0.500. The van der Waals surface area contributed by atoms with Crippen LogP contribution in [-0.4, -0.2) is 31.4 Å². The van der Waals surface area contributed by atoms with Gasteiger partial charge in [-0.15, -0.1) is 0 Å². The molecule has 1 atom stereocenters. The topological polar surface area (TPSA) is 98.5 Å². The van der Waals surface area contributed by atoms with Crippen LogP contribution in [-0.2, 0) is 14.3 Å². The average Bonchev–Trinajstić information content (AvgIpc) is 2.02. The molecule has 1 unspecified atom stereocenters. The van der Waals surface area contributed by atoms with Crippen LogP contribution in [0.5, 0.6) is 0 Å². The van der Waals surface area contributed by atoms with E-state index in [1.165, 1.54) is 0 Å². The van der Waals surface area contributed by atoms with E-state index < -0.39 is 18.0 Å². The number of carbonyl (C=O) groups excluding carboxylic acids is 3. The molecule has 0 saturated carbocycles. The first-order valence-corrected chi connectivity index (χ1v) is 3.18. The zero-order chi connectivity index (χ0) is 9.56. The predicted octanol–water partition coefficient (Wildman–Crippen LogP) is -1.21. The Kier molecular flexibility index (Phi) is 4.43. The van der Waals surface area contributed by atoms with E-state index in [0.29, 0.717) is 6.29 Å². The number of ether oxygens (including phenoxy) is 1. The van der Waals surface area contributed by atoms with Crippen molar-refractivity contribution in [2.45, 2.75) is 12.5 Å². The van der Waals surface area contributed by atoms with E-state index in [9.17, 15) is 14.4 Å². The third-order valence-electron chi connectivity index (χ3n) is 1.07. The maximum Gasteiger partial charge on any atom is 0.407 e. The summed E-state index contributed by atoms with van der Waals surface area (Å²) < 4.78 is 4.20. The summed E-state index contributed by atoms with van der Waals surface area (Å²) in [7, 11) is 1.15. The maximum absolute atomic E-state index is 10.5. The smallest absolute Gasteiger partial charge is 0.407 e. The van der Waals surface area contributed by atoms with Crippen LogP contribution < -0.4 is 11.1 Å². The van der Waals surface area contributed by atoms with E-state index in [2.05, 4.69) is 10.1 Å². The highest BCUT2D eigenvalue weighted by molar-refractivity contribution is 5.81. The van der Waals surface area contributed by atoms with Gasteiger partial charge in [-0.2, -0.15) is 0 Å². The molecule has 2 amide bonds. The lowest BCUT2D eigenvalue weighted by Crippen LogP contribution is -2.38. The van der Waals surface area contributed by atoms with Gasteiger partial charge < -0.3 is 20.6 Å². The highest BCUT2D eigenvalue weighted by Gasteiger charge is 2.13. The van der Waals surface area contributed by atoms with Gasteiger partial charge in [0.1, 0.15) is 6.29 Å². The minimum atomic E-state index is -0.907. The summed E-state index contributed by atoms with van der Waals surface area (Å²) in [6.07, 6.45) is -0.575. The molecule has 3 N–H and O–H groups in total. The van der Waals surface area contributed by atoms with Gasteiger partial charge in [0.2, 0.25) is 5.91 Å². The van der Waals surface area contributed by atoms with Gasteiger partial charge in [0.05, 0.1) is 19.6 Å². The van der Waals surface area contributed by atoms with Crippen LogP contribution in [0.1, 0.15) is 6.42 Å². The number of rotatable bonds is 4. The van der Waals surface area contributed by atoms with E-state index in [1.54, 1.807) is 0 Å². The van der Waals surface area contributed by atoms with Crippen molar-refractivity contribution in [3.63, 3.8) is 0 Å². The Morgan fingerprint density at radius 3 is 2.58 bits per heavy atom. The zero-order valence-electron chi connectivity index (χ0n) is 6.57. The first kappa shape index (κ1) is 10.4. The second-order valence-corrected chi connectivity index (χ2v) is 2.05. The van der Waals surface area contributed by atoms with Crippen LogP contribution in [0.15, 0.2) is 0 Å². The molecular weight excluding hydrogens is 164 g/mol. The Hall–Kier alpha value is -1.59. The van der Waals surface area contributed by atoms with Gasteiger partial charge in [-0.1, -0.05) is 0 Å². The van der Waals surface area contributed by atoms with Crippen LogP contribution in [0.4, 0.5) is 4.79 Å². The monoisotopic (exact) mass is 174 g/mol. The van der Waals surface area contributed by atoms with E-state index in [-0.39, 0.29) is 6.42 Å². The minimum absolute atomic E-state index is 0.224. The standard InChI is InChI=1S/C6H10N2O4/c1-12-6(11)8-4(3-9)2-5(7)10/h3-4H,2H2,1H3,(H2,7,10)(H,8,11). The van der Waals surface area contributed by atoms with Crippen LogP contribution in [0, 0.1) is 0 Å². The number of alkyl carbamates (subject to hydrolysis) is 1. The molecule has 12 heavy (non-hydrogen) atoms. The fourth-order valence-corrected chi connectivity index (χ4v) is 0.560. The Balaban J connectivity index is 3.90. The molecule has 0 aromatic rings. The van der Waals surface area contributed by atoms with Crippen molar-refractivity contribution >= 4 is 18.3 Å². The van der Waals surface area contributed by atoms with Gasteiger partial charge in [-0.25, -0.2) is 4.79 Å². The summed E-state index contributed by atoms with van der Waals surface area (Å²) in [6, 6.07) is -0.907. The summed E-state index contributed by atoms with van der Waals surface area (Å²) in [5, 5.41) is 2.12. The molecule has 6 heteroatoms. The first-order chi connectivity index (χ1) is 5.60. The molecule has 0 aliphatic carbocycles. The lowest BCUT2D eigenvalue weighted by atomic mass is 10.2. The first-order valence-electron chi connectivity index (χ1n) is 3.18. The second kappa shape index (κ2) is 5.11. The zero-order valence-corrected chi connectivity index (χ0v) is 6.57. The molecule has 0 aliphatic heterocycles. The summed E-state index contributed by atoms with van der Waals surface area (Å²) in [4.78, 5) is 31.0. The van der Waals surface area contributed by atoms with E-state index in [4.69, 9.17) is 5.73 Å². The van der Waals surface area contributed by atoms with Crippen molar-refractivity contribution in [1.82, 2.24) is 5.32 Å². The van der Waals surface area contributed by atoms with Crippen LogP contribution in [0.25, 0.3) is 0 Å². The quantitative estimate of drug-likeness (QED) is 0.522. The molecule has 0 spiro atoms. The van der Waals surface area contributed by atoms with Crippen LogP contribution >= 0.6 is 0 Å². The van der Waals surface area contributed by atoms with Gasteiger partial charge in [0, 0.05) is 0 Å². The van der Waals surface area contributed by atoms with Crippen LogP contribution in [0.2, 0.25) is 0 Å². The number of nitrogens with two attached hydrogens (primary N) is 1. The number of hydrogen-bond acceptors (Lipinski definition) is 4. The number of hydrogen-bond donors (Lipinski definition) is 2. The molecule has 0 aromatic heterocycles. The Bertz CT molecular complexity index is 192. The van der Waals surface area contributed by atoms with Gasteiger partial charge in [-0.05, 0) is 0 Å². The van der Waals surface area contributed by atoms with Gasteiger partial charge >= 0.3 is 6.09 Å². The lowest BCUT2D eigenvalue weighted by molar-refractivity contribution is -0.120. The number of primary amides is 1. The molecule has 0 aliphatic rings. The second-order valence-electron chi connectivity index (χ2n) is 2.05. The highest BCUT2D eigenvalue weighted by atomic mass is 16.5. The number of nitrogens with one attached hydrogen (secondary N) is 1. The normalized spacial score (nSPS) is 11.4. The van der Waals surface area contributed by atoms with Gasteiger partial charge in [-0.3, -0.25) is 4.79 Å². The fourth-order valence-electron chi connectivity index (χ4n) is 0.560. The van der Waals surface area contributed by atoms with Crippen molar-refractivity contribution in [2.75, 3.05) is 7.11 Å². The molecule has 0 saturated heterocycles. The molecule has 6 nitrogen and oxygen atoms in total. The van der Waals surface area contributed by atoms with Crippen molar-refractivity contribution in [2.24, 2.45) is 5.73 Å². The maximum atomic E-state index is 10.5. The summed E-state index contributed by atoms with van der Waals surface area (Å²) in [6.45, 7) is 0. The molecule has 0 heterocycles. The Morgan fingerprint density at radius 2 is 2.25 bits per heavy atom. The largest absolute Gasteiger partial charge is 0.453 e. The highest BCUT2D eigenvalue weighted by Crippen LogP contribution is 1.87. The molecule has 0 bridgehead atoms. The number of methoxy groups -OCH3 is 1. The summed E-state index contributed by atoms with van der Waals surface area (Å²) >= 11 is 0. The number of amides is 2. The average molecular weight is 174 g/mol. The predicted molar refractivity (Wildman–Crippen MR) is 39.2 cm³/mol. The summed E-state index contributed by atoms with van der Waals surface area (Å²) in [5.41, 5.74) is 4.80. The van der Waals surface area contributed by atoms with Crippen molar-refractivity contribution < 1.29 is 19.1 Å². The minimum Gasteiger partial charge on any atom is -0.453 e. The molecule has 68 valence electrons. The van der Waals surface area contributed by atoms with Gasteiger partial charge in [0.25, 0.3) is 0 Å².